The normalized spacial score (nSPS) is 16.6. The Labute approximate surface area is 113 Å². The summed E-state index contributed by atoms with van der Waals surface area (Å²) in [5.41, 5.74) is 1.30. The van der Waals surface area contributed by atoms with Crippen LogP contribution in [0.1, 0.15) is 30.4 Å². The van der Waals surface area contributed by atoms with Crippen LogP contribution in [0.25, 0.3) is 0 Å². The van der Waals surface area contributed by atoms with Gasteiger partial charge in [0.2, 0.25) is 5.91 Å². The number of carbonyl (C=O) groups excluding carboxylic acids is 1. The molecule has 0 radical (unpaired) electrons. The molecule has 0 heterocycles. The predicted octanol–water partition coefficient (Wildman–Crippen LogP) is 1.58. The van der Waals surface area contributed by atoms with Crippen molar-refractivity contribution in [3.63, 3.8) is 0 Å². The molecule has 1 saturated carbocycles. The van der Waals surface area contributed by atoms with Crippen LogP contribution < -0.4 is 10.1 Å². The van der Waals surface area contributed by atoms with Gasteiger partial charge in [0.1, 0.15) is 5.75 Å². The van der Waals surface area contributed by atoms with E-state index in [1.165, 1.54) is 0 Å². The predicted molar refractivity (Wildman–Crippen MR) is 73.2 cm³/mol. The van der Waals surface area contributed by atoms with Crippen LogP contribution in [0.4, 0.5) is 0 Å². The lowest BCUT2D eigenvalue weighted by Crippen LogP contribution is -2.48. The number of methoxy groups -OCH3 is 1. The number of rotatable bonds is 5. The van der Waals surface area contributed by atoms with Gasteiger partial charge in [-0.3, -0.25) is 4.79 Å². The van der Waals surface area contributed by atoms with Crippen molar-refractivity contribution in [3.05, 3.63) is 29.3 Å². The lowest BCUT2D eigenvalue weighted by molar-refractivity contribution is -0.122. The first-order valence-corrected chi connectivity index (χ1v) is 6.65. The molecule has 4 nitrogen and oxygen atoms in total. The third kappa shape index (κ3) is 3.47. The smallest absolute Gasteiger partial charge is 0.224 e. The molecule has 1 amide bonds. The van der Waals surface area contributed by atoms with E-state index >= 15 is 0 Å². The minimum atomic E-state index is -0.674. The van der Waals surface area contributed by atoms with Gasteiger partial charge in [0.05, 0.1) is 19.1 Å². The van der Waals surface area contributed by atoms with Crippen molar-refractivity contribution in [3.8, 4) is 5.75 Å². The zero-order valence-electron chi connectivity index (χ0n) is 11.5. The fraction of sp³-hybridized carbons (Fsp3) is 0.533. The number of carbonyl (C=O) groups is 1. The van der Waals surface area contributed by atoms with E-state index in [1.807, 2.05) is 25.1 Å². The van der Waals surface area contributed by atoms with Gasteiger partial charge < -0.3 is 15.2 Å². The van der Waals surface area contributed by atoms with Crippen LogP contribution in [-0.2, 0) is 11.2 Å². The van der Waals surface area contributed by atoms with Crippen LogP contribution in [0.5, 0.6) is 5.75 Å². The third-order valence-electron chi connectivity index (χ3n) is 3.69. The van der Waals surface area contributed by atoms with E-state index in [1.54, 1.807) is 7.11 Å². The lowest BCUT2D eigenvalue weighted by Gasteiger charge is -2.36. The zero-order valence-corrected chi connectivity index (χ0v) is 11.5. The third-order valence-corrected chi connectivity index (χ3v) is 3.69. The molecule has 0 aliphatic heterocycles. The molecule has 0 saturated heterocycles. The van der Waals surface area contributed by atoms with Crippen molar-refractivity contribution in [1.82, 2.24) is 5.32 Å². The van der Waals surface area contributed by atoms with Gasteiger partial charge in [0.15, 0.2) is 0 Å². The largest absolute Gasteiger partial charge is 0.496 e. The van der Waals surface area contributed by atoms with Crippen LogP contribution in [0.15, 0.2) is 18.2 Å². The summed E-state index contributed by atoms with van der Waals surface area (Å²) in [6.07, 6.45) is 2.88. The van der Waals surface area contributed by atoms with Gasteiger partial charge in [0.25, 0.3) is 0 Å². The first kappa shape index (κ1) is 13.9. The molecule has 0 unspecified atom stereocenters. The highest BCUT2D eigenvalue weighted by atomic mass is 16.5. The first-order valence-electron chi connectivity index (χ1n) is 6.65. The van der Waals surface area contributed by atoms with Crippen molar-refractivity contribution in [2.75, 3.05) is 13.7 Å². The van der Waals surface area contributed by atoms with Crippen molar-refractivity contribution >= 4 is 5.91 Å². The summed E-state index contributed by atoms with van der Waals surface area (Å²) in [4.78, 5) is 11.9. The average molecular weight is 263 g/mol. The Hall–Kier alpha value is -1.55. The van der Waals surface area contributed by atoms with Gasteiger partial charge in [-0.15, -0.1) is 0 Å². The van der Waals surface area contributed by atoms with Crippen molar-refractivity contribution < 1.29 is 14.6 Å². The van der Waals surface area contributed by atoms with E-state index < -0.39 is 5.60 Å². The van der Waals surface area contributed by atoms with Gasteiger partial charge in [-0.05, 0) is 32.3 Å². The Bertz CT molecular complexity index is 466. The molecule has 1 fully saturated rings. The van der Waals surface area contributed by atoms with Gasteiger partial charge in [-0.2, -0.15) is 0 Å². The highest BCUT2D eigenvalue weighted by Crippen LogP contribution is 2.30. The molecule has 0 bridgehead atoms. The van der Waals surface area contributed by atoms with Crippen LogP contribution in [0.2, 0.25) is 0 Å². The van der Waals surface area contributed by atoms with Crippen LogP contribution in [0.3, 0.4) is 0 Å². The van der Waals surface area contributed by atoms with Crippen LogP contribution in [0, 0.1) is 6.92 Å². The van der Waals surface area contributed by atoms with Crippen molar-refractivity contribution in [1.29, 1.82) is 0 Å². The maximum absolute atomic E-state index is 11.9. The Balaban J connectivity index is 1.92. The van der Waals surface area contributed by atoms with Crippen molar-refractivity contribution in [2.24, 2.45) is 0 Å². The highest BCUT2D eigenvalue weighted by Gasteiger charge is 2.34. The number of aryl methyl sites for hydroxylation is 1. The number of benzene rings is 1. The van der Waals surface area contributed by atoms with E-state index in [0.717, 1.165) is 36.1 Å². The fourth-order valence-corrected chi connectivity index (χ4v) is 2.31. The number of hydrogen-bond donors (Lipinski definition) is 2. The SMILES string of the molecule is COc1ccc(C)cc1CC(=O)NCC1(O)CCC1. The summed E-state index contributed by atoms with van der Waals surface area (Å²) in [7, 11) is 1.60. The number of hydrogen-bond acceptors (Lipinski definition) is 3. The molecule has 104 valence electrons. The summed E-state index contributed by atoms with van der Waals surface area (Å²) in [5.74, 6) is 0.646. The summed E-state index contributed by atoms with van der Waals surface area (Å²) in [6, 6.07) is 5.78. The second-order valence-electron chi connectivity index (χ2n) is 5.35. The Kier molecular flexibility index (Phi) is 4.10. The van der Waals surface area contributed by atoms with E-state index in [9.17, 15) is 9.90 Å². The topological polar surface area (TPSA) is 58.6 Å². The number of ether oxygens (including phenoxy) is 1. The second-order valence-corrected chi connectivity index (χ2v) is 5.35. The van der Waals surface area contributed by atoms with Crippen molar-refractivity contribution in [2.45, 2.75) is 38.2 Å². The van der Waals surface area contributed by atoms with Gasteiger partial charge in [-0.25, -0.2) is 0 Å². The minimum Gasteiger partial charge on any atom is -0.496 e. The molecule has 1 aromatic carbocycles. The molecule has 0 spiro atoms. The molecule has 1 aliphatic carbocycles. The van der Waals surface area contributed by atoms with E-state index in [-0.39, 0.29) is 12.3 Å². The molecule has 1 aromatic rings. The number of aliphatic hydroxyl groups is 1. The Morgan fingerprint density at radius 2 is 2.21 bits per heavy atom. The monoisotopic (exact) mass is 263 g/mol. The van der Waals surface area contributed by atoms with Crippen LogP contribution in [-0.4, -0.2) is 30.3 Å². The summed E-state index contributed by atoms with van der Waals surface area (Å²) < 4.78 is 5.25. The lowest BCUT2D eigenvalue weighted by atomic mass is 9.80. The standard InChI is InChI=1S/C15H21NO3/c1-11-4-5-13(19-2)12(8-11)9-14(17)16-10-15(18)6-3-7-15/h4-5,8,18H,3,6-7,9-10H2,1-2H3,(H,16,17). The maximum atomic E-state index is 11.9. The molecule has 0 atom stereocenters. The molecular formula is C15H21NO3. The van der Waals surface area contributed by atoms with Crippen LogP contribution >= 0.6 is 0 Å². The summed E-state index contributed by atoms with van der Waals surface area (Å²) >= 11 is 0. The maximum Gasteiger partial charge on any atom is 0.224 e. The van der Waals surface area contributed by atoms with E-state index in [0.29, 0.717) is 6.54 Å². The molecular weight excluding hydrogens is 242 g/mol. The molecule has 1 aliphatic rings. The minimum absolute atomic E-state index is 0.0794. The number of amides is 1. The van der Waals surface area contributed by atoms with Gasteiger partial charge in [-0.1, -0.05) is 17.7 Å². The molecule has 0 aromatic heterocycles. The Morgan fingerprint density at radius 3 is 2.79 bits per heavy atom. The summed E-state index contributed by atoms with van der Waals surface area (Å²) in [6.45, 7) is 2.33. The number of nitrogens with one attached hydrogen (secondary N) is 1. The average Bonchev–Trinajstić information content (AvgIpc) is 2.34. The van der Waals surface area contributed by atoms with E-state index in [2.05, 4.69) is 5.32 Å². The quantitative estimate of drug-likeness (QED) is 0.848. The fourth-order valence-electron chi connectivity index (χ4n) is 2.31. The first-order chi connectivity index (χ1) is 9.02. The van der Waals surface area contributed by atoms with Gasteiger partial charge >= 0.3 is 0 Å². The van der Waals surface area contributed by atoms with Gasteiger partial charge in [0, 0.05) is 12.1 Å². The molecule has 2 rings (SSSR count). The second kappa shape index (κ2) is 5.61. The zero-order chi connectivity index (χ0) is 13.9. The molecule has 19 heavy (non-hydrogen) atoms. The van der Waals surface area contributed by atoms with E-state index in [4.69, 9.17) is 4.74 Å². The Morgan fingerprint density at radius 1 is 1.47 bits per heavy atom. The highest BCUT2D eigenvalue weighted by molar-refractivity contribution is 5.79. The molecule has 4 heteroatoms. The molecule has 2 N–H and O–H groups in total. The summed E-state index contributed by atoms with van der Waals surface area (Å²) in [5, 5.41) is 12.7.